The molecule has 45 heavy (non-hydrogen) atoms. The van der Waals surface area contributed by atoms with Crippen molar-refractivity contribution in [3.63, 3.8) is 0 Å². The third-order valence-corrected chi connectivity index (χ3v) is 9.41. The van der Waals surface area contributed by atoms with Crippen molar-refractivity contribution in [3.8, 4) is 17.2 Å². The van der Waals surface area contributed by atoms with Gasteiger partial charge < -0.3 is 28.4 Å². The summed E-state index contributed by atoms with van der Waals surface area (Å²) in [6.45, 7) is 11.0. The van der Waals surface area contributed by atoms with Crippen molar-refractivity contribution in [3.05, 3.63) is 125 Å². The largest absolute Gasteiger partial charge is 0.491 e. The van der Waals surface area contributed by atoms with Crippen molar-refractivity contribution in [2.75, 3.05) is 39.6 Å². The number of ether oxygens (including phenoxy) is 6. The summed E-state index contributed by atoms with van der Waals surface area (Å²) < 4.78 is 33.7. The van der Waals surface area contributed by atoms with E-state index in [0.29, 0.717) is 19.8 Å². The smallest absolute Gasteiger partial charge is 0.119 e. The van der Waals surface area contributed by atoms with E-state index in [1.807, 2.05) is 0 Å². The second-order valence-corrected chi connectivity index (χ2v) is 12.8. The number of benzene rings is 4. The Bertz CT molecular complexity index is 1490. The summed E-state index contributed by atoms with van der Waals surface area (Å²) in [5.41, 5.74) is 5.65. The van der Waals surface area contributed by atoms with Gasteiger partial charge in [-0.25, -0.2) is 0 Å². The standard InChI is InChI=1S/C39H42O6/c1-4-39(30-11-17-33(18-12-30)41-22-36-25-44-36,31-13-19-34(20-14-31)42-23-37-26-45-37)29-7-5-27(6-8-29)38(2,3)28-9-15-32(16-10-28)40-21-35-24-43-35/h5-20,35-37H,4,21-26H2,1-3H3. The van der Waals surface area contributed by atoms with Crippen LogP contribution in [0.5, 0.6) is 17.2 Å². The normalized spacial score (nSPS) is 21.4. The first-order valence-electron chi connectivity index (χ1n) is 16.1. The summed E-state index contributed by atoms with van der Waals surface area (Å²) in [6.07, 6.45) is 1.58. The summed E-state index contributed by atoms with van der Waals surface area (Å²) in [6, 6.07) is 34.8. The summed E-state index contributed by atoms with van der Waals surface area (Å²) in [5, 5.41) is 0. The monoisotopic (exact) mass is 606 g/mol. The molecule has 0 aliphatic carbocycles. The molecular weight excluding hydrogens is 564 g/mol. The van der Waals surface area contributed by atoms with Gasteiger partial charge in [0.05, 0.1) is 19.8 Å². The van der Waals surface area contributed by atoms with E-state index in [0.717, 1.165) is 43.5 Å². The van der Waals surface area contributed by atoms with Crippen LogP contribution in [0.2, 0.25) is 0 Å². The highest BCUT2D eigenvalue weighted by molar-refractivity contribution is 5.53. The molecule has 4 aromatic rings. The van der Waals surface area contributed by atoms with Gasteiger partial charge in [-0.05, 0) is 70.6 Å². The van der Waals surface area contributed by atoms with Crippen molar-refractivity contribution >= 4 is 0 Å². The van der Waals surface area contributed by atoms with Gasteiger partial charge in [-0.15, -0.1) is 0 Å². The van der Waals surface area contributed by atoms with Crippen LogP contribution >= 0.6 is 0 Å². The topological polar surface area (TPSA) is 65.3 Å². The van der Waals surface area contributed by atoms with Crippen molar-refractivity contribution in [2.24, 2.45) is 0 Å². The molecule has 0 aromatic heterocycles. The molecule has 6 nitrogen and oxygen atoms in total. The van der Waals surface area contributed by atoms with Crippen LogP contribution in [0.4, 0.5) is 0 Å². The SMILES string of the molecule is CCC(c1ccc(OCC2CO2)cc1)(c1ccc(OCC2CO2)cc1)c1ccc(C(C)(C)c2ccc(OCC3CO3)cc2)cc1. The minimum absolute atomic E-state index is 0.180. The van der Waals surface area contributed by atoms with E-state index in [2.05, 4.69) is 118 Å². The van der Waals surface area contributed by atoms with Crippen LogP contribution in [-0.4, -0.2) is 58.0 Å². The van der Waals surface area contributed by atoms with E-state index >= 15 is 0 Å². The average molecular weight is 607 g/mol. The molecule has 0 bridgehead atoms. The molecule has 3 saturated heterocycles. The molecule has 6 heteroatoms. The van der Waals surface area contributed by atoms with Crippen molar-refractivity contribution in [2.45, 2.75) is 56.3 Å². The molecule has 3 fully saturated rings. The first-order valence-corrected chi connectivity index (χ1v) is 16.1. The van der Waals surface area contributed by atoms with E-state index in [9.17, 15) is 0 Å². The van der Waals surface area contributed by atoms with Gasteiger partial charge in [0.1, 0.15) is 55.4 Å². The lowest BCUT2D eigenvalue weighted by Crippen LogP contribution is -2.29. The summed E-state index contributed by atoms with van der Waals surface area (Å²) in [5.74, 6) is 2.60. The third-order valence-electron chi connectivity index (χ3n) is 9.41. The fourth-order valence-corrected chi connectivity index (χ4v) is 6.15. The van der Waals surface area contributed by atoms with Crippen LogP contribution < -0.4 is 14.2 Å². The van der Waals surface area contributed by atoms with Gasteiger partial charge in [-0.3, -0.25) is 0 Å². The van der Waals surface area contributed by atoms with Gasteiger partial charge in [0, 0.05) is 10.8 Å². The highest BCUT2D eigenvalue weighted by atomic mass is 16.6. The predicted octanol–water partition coefficient (Wildman–Crippen LogP) is 7.09. The molecule has 3 aliphatic rings. The van der Waals surface area contributed by atoms with Crippen LogP contribution in [0, 0.1) is 0 Å². The zero-order chi connectivity index (χ0) is 30.9. The van der Waals surface area contributed by atoms with E-state index in [-0.39, 0.29) is 29.1 Å². The lowest BCUT2D eigenvalue weighted by molar-refractivity contribution is 0.263. The minimum Gasteiger partial charge on any atom is -0.491 e. The molecule has 0 spiro atoms. The molecule has 0 radical (unpaired) electrons. The third kappa shape index (κ3) is 6.74. The van der Waals surface area contributed by atoms with Gasteiger partial charge >= 0.3 is 0 Å². The lowest BCUT2D eigenvalue weighted by atomic mass is 9.67. The minimum atomic E-state index is -0.358. The summed E-state index contributed by atoms with van der Waals surface area (Å²) in [7, 11) is 0. The van der Waals surface area contributed by atoms with Gasteiger partial charge in [-0.1, -0.05) is 81.4 Å². The summed E-state index contributed by atoms with van der Waals surface area (Å²) in [4.78, 5) is 0. The molecule has 234 valence electrons. The average Bonchev–Trinajstić information content (AvgIpc) is 3.93. The van der Waals surface area contributed by atoms with E-state index in [1.54, 1.807) is 0 Å². The molecule has 0 N–H and O–H groups in total. The second kappa shape index (κ2) is 12.5. The molecule has 3 unspecified atom stereocenters. The van der Waals surface area contributed by atoms with E-state index in [1.165, 1.54) is 27.8 Å². The van der Waals surface area contributed by atoms with Crippen LogP contribution in [0.15, 0.2) is 97.1 Å². The Hall–Kier alpha value is -3.84. The highest BCUT2D eigenvalue weighted by Gasteiger charge is 2.36. The van der Waals surface area contributed by atoms with Gasteiger partial charge in [0.25, 0.3) is 0 Å². The number of hydrogen-bond acceptors (Lipinski definition) is 6. The quantitative estimate of drug-likeness (QED) is 0.106. The Morgan fingerprint density at radius 2 is 0.756 bits per heavy atom. The van der Waals surface area contributed by atoms with E-state index in [4.69, 9.17) is 28.4 Å². The van der Waals surface area contributed by atoms with Crippen LogP contribution in [0.3, 0.4) is 0 Å². The maximum atomic E-state index is 5.97. The second-order valence-electron chi connectivity index (χ2n) is 12.8. The Balaban J connectivity index is 1.17. The fraction of sp³-hybridized carbons (Fsp3) is 0.385. The van der Waals surface area contributed by atoms with Gasteiger partial charge in [0.2, 0.25) is 0 Å². The zero-order valence-electron chi connectivity index (χ0n) is 26.4. The van der Waals surface area contributed by atoms with Crippen molar-refractivity contribution in [1.29, 1.82) is 0 Å². The molecule has 3 heterocycles. The molecule has 3 aliphatic heterocycles. The molecule has 4 aromatic carbocycles. The Kier molecular flexibility index (Phi) is 8.30. The Morgan fingerprint density at radius 3 is 1.04 bits per heavy atom. The molecular formula is C39H42O6. The molecule has 0 saturated carbocycles. The zero-order valence-corrected chi connectivity index (χ0v) is 26.4. The van der Waals surface area contributed by atoms with Crippen molar-refractivity contribution < 1.29 is 28.4 Å². The maximum Gasteiger partial charge on any atom is 0.119 e. The maximum absolute atomic E-state index is 5.97. The summed E-state index contributed by atoms with van der Waals surface area (Å²) >= 11 is 0. The van der Waals surface area contributed by atoms with Gasteiger partial charge in [-0.2, -0.15) is 0 Å². The van der Waals surface area contributed by atoms with Crippen LogP contribution in [0.25, 0.3) is 0 Å². The Labute approximate surface area is 266 Å². The first kappa shape index (κ1) is 29.8. The van der Waals surface area contributed by atoms with Crippen LogP contribution in [0.1, 0.15) is 55.0 Å². The molecule has 7 rings (SSSR count). The number of epoxide rings is 3. The van der Waals surface area contributed by atoms with Crippen molar-refractivity contribution in [1.82, 2.24) is 0 Å². The Morgan fingerprint density at radius 1 is 0.489 bits per heavy atom. The number of hydrogen-bond donors (Lipinski definition) is 0. The van der Waals surface area contributed by atoms with E-state index < -0.39 is 0 Å². The fourth-order valence-electron chi connectivity index (χ4n) is 6.15. The number of rotatable bonds is 15. The molecule has 3 atom stereocenters. The lowest BCUT2D eigenvalue weighted by Gasteiger charge is -2.36. The van der Waals surface area contributed by atoms with Gasteiger partial charge in [0.15, 0.2) is 0 Å². The molecule has 0 amide bonds. The van der Waals surface area contributed by atoms with Crippen LogP contribution in [-0.2, 0) is 25.0 Å². The highest BCUT2D eigenvalue weighted by Crippen LogP contribution is 2.44. The first-order chi connectivity index (χ1) is 21.9. The predicted molar refractivity (Wildman–Crippen MR) is 174 cm³/mol.